The van der Waals surface area contributed by atoms with Crippen LogP contribution in [-0.4, -0.2) is 33.3 Å². The fourth-order valence-electron chi connectivity index (χ4n) is 2.61. The van der Waals surface area contributed by atoms with Crippen LogP contribution in [0.25, 0.3) is 0 Å². The predicted molar refractivity (Wildman–Crippen MR) is 99.5 cm³/mol. The highest BCUT2D eigenvalue weighted by Gasteiger charge is 2.05. The van der Waals surface area contributed by atoms with Crippen LogP contribution in [-0.2, 0) is 12.8 Å². The van der Waals surface area contributed by atoms with Gasteiger partial charge in [0.1, 0.15) is 0 Å². The predicted octanol–water partition coefficient (Wildman–Crippen LogP) is 3.10. The summed E-state index contributed by atoms with van der Waals surface area (Å²) in [6.45, 7) is 3.25. The average molecular weight is 342 g/mol. The van der Waals surface area contributed by atoms with Gasteiger partial charge in [0.15, 0.2) is 11.5 Å². The standard InChI is InChI=1S/C20H26N2O3/c1-15-5-4-6-16(13-15)9-11-21-20(23)22-12-10-17-7-8-18(24-2)19(14-17)25-3/h4-8,13-14H,9-12H2,1-3H3,(H2,21,22,23). The van der Waals surface area contributed by atoms with Gasteiger partial charge < -0.3 is 20.1 Å². The fraction of sp³-hybridized carbons (Fsp3) is 0.350. The molecule has 2 amide bonds. The summed E-state index contributed by atoms with van der Waals surface area (Å²) < 4.78 is 10.5. The molecular formula is C20H26N2O3. The third-order valence-electron chi connectivity index (χ3n) is 3.93. The number of nitrogens with one attached hydrogen (secondary N) is 2. The number of rotatable bonds is 8. The molecule has 0 radical (unpaired) electrons. The van der Waals surface area contributed by atoms with E-state index in [0.717, 1.165) is 18.4 Å². The maximum Gasteiger partial charge on any atom is 0.314 e. The van der Waals surface area contributed by atoms with Crippen molar-refractivity contribution >= 4 is 6.03 Å². The SMILES string of the molecule is COc1ccc(CCNC(=O)NCCc2cccc(C)c2)cc1OC. The zero-order valence-electron chi connectivity index (χ0n) is 15.1. The number of hydrogen-bond acceptors (Lipinski definition) is 3. The monoisotopic (exact) mass is 342 g/mol. The van der Waals surface area contributed by atoms with E-state index in [2.05, 4.69) is 35.8 Å². The van der Waals surface area contributed by atoms with Crippen molar-refractivity contribution in [2.45, 2.75) is 19.8 Å². The minimum atomic E-state index is -0.145. The highest BCUT2D eigenvalue weighted by molar-refractivity contribution is 5.73. The van der Waals surface area contributed by atoms with Gasteiger partial charge in [-0.2, -0.15) is 0 Å². The van der Waals surface area contributed by atoms with Gasteiger partial charge in [-0.15, -0.1) is 0 Å². The van der Waals surface area contributed by atoms with Crippen LogP contribution < -0.4 is 20.1 Å². The van der Waals surface area contributed by atoms with Crippen molar-refractivity contribution < 1.29 is 14.3 Å². The molecule has 0 unspecified atom stereocenters. The lowest BCUT2D eigenvalue weighted by Crippen LogP contribution is -2.37. The van der Waals surface area contributed by atoms with Crippen molar-refractivity contribution in [2.24, 2.45) is 0 Å². The summed E-state index contributed by atoms with van der Waals surface area (Å²) in [5.41, 5.74) is 3.54. The Balaban J connectivity index is 1.70. The Morgan fingerprint density at radius 2 is 1.52 bits per heavy atom. The zero-order chi connectivity index (χ0) is 18.1. The van der Waals surface area contributed by atoms with Gasteiger partial charge in [-0.05, 0) is 43.0 Å². The van der Waals surface area contributed by atoms with Crippen LogP contribution in [0.1, 0.15) is 16.7 Å². The number of methoxy groups -OCH3 is 2. The molecule has 0 atom stereocenters. The van der Waals surface area contributed by atoms with Gasteiger partial charge in [-0.3, -0.25) is 0 Å². The largest absolute Gasteiger partial charge is 0.493 e. The summed E-state index contributed by atoms with van der Waals surface area (Å²) in [7, 11) is 3.22. The smallest absolute Gasteiger partial charge is 0.314 e. The molecule has 5 heteroatoms. The molecule has 0 aliphatic heterocycles. The van der Waals surface area contributed by atoms with E-state index in [1.54, 1.807) is 14.2 Å². The van der Waals surface area contributed by atoms with E-state index in [4.69, 9.17) is 9.47 Å². The summed E-state index contributed by atoms with van der Waals surface area (Å²) in [6.07, 6.45) is 1.55. The molecule has 2 N–H and O–H groups in total. The van der Waals surface area contributed by atoms with Crippen molar-refractivity contribution in [3.8, 4) is 11.5 Å². The third-order valence-corrected chi connectivity index (χ3v) is 3.93. The molecule has 0 aliphatic carbocycles. The lowest BCUT2D eigenvalue weighted by Gasteiger charge is -2.11. The molecule has 5 nitrogen and oxygen atoms in total. The average Bonchev–Trinajstić information content (AvgIpc) is 2.61. The van der Waals surface area contributed by atoms with Gasteiger partial charge in [-0.1, -0.05) is 35.9 Å². The van der Waals surface area contributed by atoms with Crippen LogP contribution in [0.15, 0.2) is 42.5 Å². The normalized spacial score (nSPS) is 10.2. The summed E-state index contributed by atoms with van der Waals surface area (Å²) >= 11 is 0. The number of amides is 2. The molecule has 0 spiro atoms. The number of ether oxygens (including phenoxy) is 2. The van der Waals surface area contributed by atoms with Crippen molar-refractivity contribution in [1.29, 1.82) is 0 Å². The van der Waals surface area contributed by atoms with Gasteiger partial charge in [0.05, 0.1) is 14.2 Å². The molecule has 0 bridgehead atoms. The van der Waals surface area contributed by atoms with Crippen LogP contribution >= 0.6 is 0 Å². The van der Waals surface area contributed by atoms with E-state index >= 15 is 0 Å². The first-order valence-corrected chi connectivity index (χ1v) is 8.40. The number of carbonyl (C=O) groups is 1. The van der Waals surface area contributed by atoms with E-state index in [1.165, 1.54) is 11.1 Å². The highest BCUT2D eigenvalue weighted by atomic mass is 16.5. The fourth-order valence-corrected chi connectivity index (χ4v) is 2.61. The molecule has 0 saturated heterocycles. The van der Waals surface area contributed by atoms with Crippen molar-refractivity contribution in [3.05, 3.63) is 59.2 Å². The summed E-state index contributed by atoms with van der Waals surface area (Å²) in [5, 5.41) is 5.76. The number of hydrogen-bond donors (Lipinski definition) is 2. The summed E-state index contributed by atoms with van der Waals surface area (Å²) in [4.78, 5) is 11.8. The lowest BCUT2D eigenvalue weighted by atomic mass is 10.1. The van der Waals surface area contributed by atoms with Crippen molar-refractivity contribution in [3.63, 3.8) is 0 Å². The molecule has 2 aromatic rings. The number of benzene rings is 2. The van der Waals surface area contributed by atoms with Gasteiger partial charge in [-0.25, -0.2) is 4.79 Å². The Labute approximate surface area is 149 Å². The van der Waals surface area contributed by atoms with Gasteiger partial charge in [0.25, 0.3) is 0 Å². The Kier molecular flexibility index (Phi) is 7.14. The first kappa shape index (κ1) is 18.6. The number of carbonyl (C=O) groups excluding carboxylic acids is 1. The van der Waals surface area contributed by atoms with Crippen LogP contribution in [0.3, 0.4) is 0 Å². The zero-order valence-corrected chi connectivity index (χ0v) is 15.1. The van der Waals surface area contributed by atoms with Crippen LogP contribution in [0.5, 0.6) is 11.5 Å². The Morgan fingerprint density at radius 3 is 2.12 bits per heavy atom. The molecule has 0 heterocycles. The van der Waals surface area contributed by atoms with E-state index in [9.17, 15) is 4.79 Å². The van der Waals surface area contributed by atoms with Crippen molar-refractivity contribution in [1.82, 2.24) is 10.6 Å². The molecule has 134 valence electrons. The van der Waals surface area contributed by atoms with E-state index in [1.807, 2.05) is 24.3 Å². The second-order valence-corrected chi connectivity index (χ2v) is 5.86. The minimum Gasteiger partial charge on any atom is -0.493 e. The summed E-state index contributed by atoms with van der Waals surface area (Å²) in [6, 6.07) is 13.9. The number of urea groups is 1. The molecule has 25 heavy (non-hydrogen) atoms. The van der Waals surface area contributed by atoms with E-state index in [-0.39, 0.29) is 6.03 Å². The molecular weight excluding hydrogens is 316 g/mol. The Hall–Kier alpha value is -2.69. The quantitative estimate of drug-likeness (QED) is 0.775. The second kappa shape index (κ2) is 9.57. The molecule has 2 rings (SSSR count). The Morgan fingerprint density at radius 1 is 0.880 bits per heavy atom. The molecule has 0 aromatic heterocycles. The molecule has 2 aromatic carbocycles. The van der Waals surface area contributed by atoms with E-state index < -0.39 is 0 Å². The van der Waals surface area contributed by atoms with Crippen LogP contribution in [0.2, 0.25) is 0 Å². The molecule has 0 aliphatic rings. The lowest BCUT2D eigenvalue weighted by molar-refractivity contribution is 0.241. The highest BCUT2D eigenvalue weighted by Crippen LogP contribution is 2.27. The second-order valence-electron chi connectivity index (χ2n) is 5.86. The van der Waals surface area contributed by atoms with E-state index in [0.29, 0.717) is 24.6 Å². The summed E-state index contributed by atoms with van der Waals surface area (Å²) in [5.74, 6) is 1.40. The van der Waals surface area contributed by atoms with Crippen LogP contribution in [0, 0.1) is 6.92 Å². The van der Waals surface area contributed by atoms with Crippen LogP contribution in [0.4, 0.5) is 4.79 Å². The first-order chi connectivity index (χ1) is 12.1. The Bertz CT molecular complexity index is 701. The van der Waals surface area contributed by atoms with Gasteiger partial charge >= 0.3 is 6.03 Å². The van der Waals surface area contributed by atoms with Gasteiger partial charge in [0, 0.05) is 13.1 Å². The topological polar surface area (TPSA) is 59.6 Å². The third kappa shape index (κ3) is 6.03. The maximum atomic E-state index is 11.8. The van der Waals surface area contributed by atoms with Gasteiger partial charge in [0.2, 0.25) is 0 Å². The first-order valence-electron chi connectivity index (χ1n) is 8.40. The van der Waals surface area contributed by atoms with Crippen molar-refractivity contribution in [2.75, 3.05) is 27.3 Å². The number of aryl methyl sites for hydroxylation is 1. The minimum absolute atomic E-state index is 0.145. The maximum absolute atomic E-state index is 11.8. The molecule has 0 saturated carbocycles. The molecule has 0 fully saturated rings.